The quantitative estimate of drug-likeness (QED) is 0.557. The molecule has 0 saturated heterocycles. The Morgan fingerprint density at radius 3 is 2.19 bits per heavy atom. The van der Waals surface area contributed by atoms with E-state index in [4.69, 9.17) is 0 Å². The largest absolute Gasteiger partial charge is 0.305 e. The van der Waals surface area contributed by atoms with Crippen molar-refractivity contribution in [3.8, 4) is 28.5 Å². The molecule has 0 unspecified atom stereocenters. The zero-order valence-electron chi connectivity index (χ0n) is 16.9. The van der Waals surface area contributed by atoms with Crippen LogP contribution in [0.25, 0.3) is 22.4 Å². The van der Waals surface area contributed by atoms with Gasteiger partial charge in [0.2, 0.25) is 0 Å². The van der Waals surface area contributed by atoms with Gasteiger partial charge in [-0.15, -0.1) is 0 Å². The molecule has 0 saturated carbocycles. The number of nitrogens with zero attached hydrogens (tertiary/aromatic N) is 5. The Bertz CT molecular complexity index is 1370. The van der Waals surface area contributed by atoms with Crippen molar-refractivity contribution in [3.05, 3.63) is 88.3 Å². The minimum atomic E-state index is -0.640. The molecule has 4 aromatic rings. The summed E-state index contributed by atoms with van der Waals surface area (Å²) in [5, 5.41) is 20.5. The monoisotopic (exact) mass is 410 g/mol. The van der Waals surface area contributed by atoms with E-state index in [1.165, 1.54) is 17.9 Å². The molecular formula is C23H18N6O2. The van der Waals surface area contributed by atoms with E-state index in [-0.39, 0.29) is 16.9 Å². The highest BCUT2D eigenvalue weighted by Crippen LogP contribution is 2.32. The first-order chi connectivity index (χ1) is 15.0. The summed E-state index contributed by atoms with van der Waals surface area (Å²) < 4.78 is 2.53. The number of nitriles is 1. The molecule has 0 atom stereocenters. The fraction of sp³-hybridized carbons (Fsp3) is 0.0870. The molecule has 2 heterocycles. The molecular weight excluding hydrogens is 392 g/mol. The van der Waals surface area contributed by atoms with E-state index < -0.39 is 11.5 Å². The second-order valence-electron chi connectivity index (χ2n) is 6.86. The van der Waals surface area contributed by atoms with E-state index in [0.29, 0.717) is 16.8 Å². The summed E-state index contributed by atoms with van der Waals surface area (Å²) in [5.41, 5.74) is 1.97. The van der Waals surface area contributed by atoms with Gasteiger partial charge in [0.25, 0.3) is 11.5 Å². The summed E-state index contributed by atoms with van der Waals surface area (Å²) in [6.07, 6.45) is 1.35. The van der Waals surface area contributed by atoms with E-state index in [1.807, 2.05) is 66.7 Å². The van der Waals surface area contributed by atoms with Gasteiger partial charge in [0.1, 0.15) is 23.0 Å². The summed E-state index contributed by atoms with van der Waals surface area (Å²) in [4.78, 5) is 26.5. The lowest BCUT2D eigenvalue weighted by molar-refractivity contribution is 0.102. The third-order valence-electron chi connectivity index (χ3n) is 4.87. The number of aromatic nitrogens is 4. The first-order valence-electron chi connectivity index (χ1n) is 9.47. The number of carbonyl (C=O) groups is 1. The molecule has 4 rings (SSSR count). The van der Waals surface area contributed by atoms with Gasteiger partial charge >= 0.3 is 0 Å². The van der Waals surface area contributed by atoms with Crippen molar-refractivity contribution in [2.75, 3.05) is 5.32 Å². The maximum atomic E-state index is 13.4. The lowest BCUT2D eigenvalue weighted by atomic mass is 9.95. The van der Waals surface area contributed by atoms with Crippen LogP contribution in [0.15, 0.2) is 71.7 Å². The summed E-state index contributed by atoms with van der Waals surface area (Å²) in [6.45, 7) is 0. The summed E-state index contributed by atoms with van der Waals surface area (Å²) in [5.74, 6) is -0.425. The number of hydrogen-bond donors (Lipinski definition) is 1. The van der Waals surface area contributed by atoms with Crippen LogP contribution in [0, 0.1) is 11.3 Å². The second-order valence-corrected chi connectivity index (χ2v) is 6.86. The van der Waals surface area contributed by atoms with Crippen LogP contribution in [0.2, 0.25) is 0 Å². The van der Waals surface area contributed by atoms with Crippen molar-refractivity contribution in [1.29, 1.82) is 5.26 Å². The van der Waals surface area contributed by atoms with Gasteiger partial charge in [0, 0.05) is 25.2 Å². The van der Waals surface area contributed by atoms with Gasteiger partial charge < -0.3 is 5.32 Å². The van der Waals surface area contributed by atoms with Crippen molar-refractivity contribution < 1.29 is 4.79 Å². The fourth-order valence-electron chi connectivity index (χ4n) is 3.36. The molecule has 0 bridgehead atoms. The van der Waals surface area contributed by atoms with Gasteiger partial charge in [-0.05, 0) is 5.56 Å². The second kappa shape index (κ2) is 8.08. The minimum absolute atomic E-state index is 0.0624. The van der Waals surface area contributed by atoms with Crippen LogP contribution in [0.3, 0.4) is 0 Å². The molecule has 2 aromatic carbocycles. The molecule has 0 spiro atoms. The lowest BCUT2D eigenvalue weighted by Crippen LogP contribution is -2.31. The summed E-state index contributed by atoms with van der Waals surface area (Å²) >= 11 is 0. The number of anilines is 1. The van der Waals surface area contributed by atoms with Gasteiger partial charge in [0.15, 0.2) is 0 Å². The predicted molar refractivity (Wildman–Crippen MR) is 116 cm³/mol. The Hall–Kier alpha value is -4.51. The highest BCUT2D eigenvalue weighted by atomic mass is 16.2. The Morgan fingerprint density at radius 2 is 1.58 bits per heavy atom. The van der Waals surface area contributed by atoms with E-state index in [0.717, 1.165) is 10.2 Å². The molecule has 8 nitrogen and oxygen atoms in total. The topological polar surface area (TPSA) is 106 Å². The number of hydrogen-bond acceptors (Lipinski definition) is 5. The molecule has 2 aromatic heterocycles. The van der Waals surface area contributed by atoms with Gasteiger partial charge in [-0.25, -0.2) is 4.68 Å². The zero-order chi connectivity index (χ0) is 22.0. The van der Waals surface area contributed by atoms with Crippen molar-refractivity contribution >= 4 is 11.7 Å². The average molecular weight is 410 g/mol. The molecule has 0 aliphatic carbocycles. The van der Waals surface area contributed by atoms with E-state index in [9.17, 15) is 14.9 Å². The smallest absolute Gasteiger partial charge is 0.280 e. The van der Waals surface area contributed by atoms with Crippen molar-refractivity contribution in [3.63, 3.8) is 0 Å². The molecule has 1 N–H and O–H groups in total. The summed E-state index contributed by atoms with van der Waals surface area (Å²) in [6, 6.07) is 20.5. The lowest BCUT2D eigenvalue weighted by Gasteiger charge is -2.16. The summed E-state index contributed by atoms with van der Waals surface area (Å²) in [7, 11) is 3.11. The molecule has 152 valence electrons. The molecule has 0 radical (unpaired) electrons. The first kappa shape index (κ1) is 19.8. The van der Waals surface area contributed by atoms with Crippen LogP contribution in [0.4, 0.5) is 5.82 Å². The van der Waals surface area contributed by atoms with Gasteiger partial charge in [0.05, 0.1) is 11.9 Å². The van der Waals surface area contributed by atoms with Crippen LogP contribution in [0.1, 0.15) is 15.9 Å². The Kier molecular flexibility index (Phi) is 5.16. The van der Waals surface area contributed by atoms with E-state index in [1.54, 1.807) is 7.05 Å². The number of aryl methyl sites for hydroxylation is 2. The number of benzene rings is 2. The average Bonchev–Trinajstić information content (AvgIpc) is 3.15. The molecule has 0 aliphatic rings. The van der Waals surface area contributed by atoms with Crippen molar-refractivity contribution in [2.45, 2.75) is 0 Å². The van der Waals surface area contributed by atoms with Crippen molar-refractivity contribution in [2.24, 2.45) is 14.1 Å². The fourth-order valence-corrected chi connectivity index (χ4v) is 3.36. The van der Waals surface area contributed by atoms with Crippen LogP contribution < -0.4 is 10.9 Å². The number of nitrogens with one attached hydrogen (secondary N) is 1. The third kappa shape index (κ3) is 3.60. The van der Waals surface area contributed by atoms with Crippen molar-refractivity contribution in [1.82, 2.24) is 19.6 Å². The number of amides is 1. The number of rotatable bonds is 4. The standard InChI is InChI=1S/C23H18N6O2/c1-28-21(17(13-24)14-25-28)26-22(30)19-18(15-9-5-3-6-10-15)20(27-29(2)23(19)31)16-11-7-4-8-12-16/h3-12,14H,1-2H3,(H,26,30). The van der Waals surface area contributed by atoms with Crippen LogP contribution >= 0.6 is 0 Å². The normalized spacial score (nSPS) is 10.5. The maximum Gasteiger partial charge on any atom is 0.280 e. The number of carbonyl (C=O) groups excluding carboxylic acids is 1. The maximum absolute atomic E-state index is 13.4. The predicted octanol–water partition coefficient (Wildman–Crippen LogP) is 2.97. The van der Waals surface area contributed by atoms with E-state index in [2.05, 4.69) is 15.5 Å². The SMILES string of the molecule is Cn1ncc(C#N)c1NC(=O)c1c(-c2ccccc2)c(-c2ccccc2)nn(C)c1=O. The van der Waals surface area contributed by atoms with Gasteiger partial charge in [-0.3, -0.25) is 14.3 Å². The van der Waals surface area contributed by atoms with Crippen LogP contribution in [-0.4, -0.2) is 25.5 Å². The van der Waals surface area contributed by atoms with Crippen LogP contribution in [0.5, 0.6) is 0 Å². The Balaban J connectivity index is 1.98. The highest BCUT2D eigenvalue weighted by molar-refractivity contribution is 6.10. The van der Waals surface area contributed by atoms with Gasteiger partial charge in [-0.1, -0.05) is 60.7 Å². The highest BCUT2D eigenvalue weighted by Gasteiger charge is 2.25. The molecule has 31 heavy (non-hydrogen) atoms. The molecule has 0 aliphatic heterocycles. The Morgan fingerprint density at radius 1 is 0.968 bits per heavy atom. The molecule has 1 amide bonds. The Labute approximate surface area is 178 Å². The first-order valence-corrected chi connectivity index (χ1v) is 9.47. The van der Waals surface area contributed by atoms with E-state index >= 15 is 0 Å². The van der Waals surface area contributed by atoms with Gasteiger partial charge in [-0.2, -0.15) is 15.5 Å². The molecule has 0 fully saturated rings. The molecule has 8 heteroatoms. The zero-order valence-corrected chi connectivity index (χ0v) is 16.9. The van der Waals surface area contributed by atoms with Crippen LogP contribution in [-0.2, 0) is 14.1 Å². The minimum Gasteiger partial charge on any atom is -0.305 e. The third-order valence-corrected chi connectivity index (χ3v) is 4.87.